The van der Waals surface area contributed by atoms with Gasteiger partial charge in [-0.05, 0) is 115 Å². The van der Waals surface area contributed by atoms with Crippen molar-refractivity contribution in [3.63, 3.8) is 0 Å². The minimum Gasteiger partial charge on any atom is -0.489 e. The molecular weight excluding hydrogens is 656 g/mol. The highest BCUT2D eigenvalue weighted by Gasteiger charge is 2.18. The van der Waals surface area contributed by atoms with Gasteiger partial charge in [-0.25, -0.2) is 9.59 Å². The Balaban J connectivity index is 1.24. The first-order valence-electron chi connectivity index (χ1n) is 16.4. The molecule has 8 heteroatoms. The number of carboxylic acids is 2. The molecule has 0 saturated carbocycles. The molecule has 0 saturated heterocycles. The second-order valence-corrected chi connectivity index (χ2v) is 12.1. The van der Waals surface area contributed by atoms with E-state index in [9.17, 15) is 19.8 Å². The van der Waals surface area contributed by atoms with E-state index >= 15 is 0 Å². The minimum absolute atomic E-state index is 0.00508. The number of fused-ring (bicyclic) bond motifs is 1. The first-order valence-corrected chi connectivity index (χ1v) is 16.4. The lowest BCUT2D eigenvalue weighted by Gasteiger charge is -2.18. The molecule has 0 aliphatic carbocycles. The van der Waals surface area contributed by atoms with Crippen LogP contribution in [-0.2, 0) is 13.2 Å². The van der Waals surface area contributed by atoms with Crippen molar-refractivity contribution in [3.8, 4) is 46.7 Å². The molecule has 0 radical (unpaired) electrons. The molecule has 0 spiro atoms. The van der Waals surface area contributed by atoms with E-state index in [0.29, 0.717) is 22.3 Å². The highest BCUT2D eigenvalue weighted by Crippen LogP contribution is 2.36. The molecule has 0 atom stereocenters. The van der Waals surface area contributed by atoms with Crippen molar-refractivity contribution in [1.29, 1.82) is 0 Å². The van der Waals surface area contributed by atoms with Crippen molar-refractivity contribution in [2.24, 2.45) is 0 Å². The van der Waals surface area contributed by atoms with Gasteiger partial charge in [-0.3, -0.25) is 0 Å². The van der Waals surface area contributed by atoms with Crippen LogP contribution in [0.3, 0.4) is 0 Å². The SMILES string of the molecule is O=C(O)c1cc2cc3ccc2cc1OCC#CC#CCOc1cc2ccc(cc2cc1C(=O)O)OCc1c2ccccc2c(c2ccccc12)CO3. The molecule has 8 heterocycles. The third-order valence-electron chi connectivity index (χ3n) is 9.04. The Morgan fingerprint density at radius 2 is 0.885 bits per heavy atom. The second-order valence-electron chi connectivity index (χ2n) is 12.1. The summed E-state index contributed by atoms with van der Waals surface area (Å²) in [5, 5.41) is 27.0. The van der Waals surface area contributed by atoms with Crippen LogP contribution in [0.5, 0.6) is 23.0 Å². The van der Waals surface area contributed by atoms with E-state index in [4.69, 9.17) is 18.9 Å². The number of aromatic carboxylic acids is 2. The number of carbonyl (C=O) groups is 2. The number of carboxylic acid groups (broad SMARTS) is 2. The number of hydrogen-bond acceptors (Lipinski definition) is 6. The molecule has 52 heavy (non-hydrogen) atoms. The molecule has 0 unspecified atom stereocenters. The average Bonchev–Trinajstić information content (AvgIpc) is 3.16. The molecule has 252 valence electrons. The number of benzene rings is 7. The van der Waals surface area contributed by atoms with Gasteiger partial charge in [0, 0.05) is 11.1 Å². The molecule has 7 aromatic carbocycles. The van der Waals surface area contributed by atoms with E-state index in [1.807, 2.05) is 60.7 Å². The Morgan fingerprint density at radius 1 is 0.481 bits per heavy atom. The summed E-state index contributed by atoms with van der Waals surface area (Å²) in [6.07, 6.45) is 0. The largest absolute Gasteiger partial charge is 0.489 e. The van der Waals surface area contributed by atoms with Gasteiger partial charge in [0.25, 0.3) is 0 Å². The zero-order chi connectivity index (χ0) is 35.6. The first kappa shape index (κ1) is 32.1. The first-order chi connectivity index (χ1) is 25.4. The van der Waals surface area contributed by atoms with E-state index in [-0.39, 0.29) is 49.1 Å². The van der Waals surface area contributed by atoms with Crippen LogP contribution in [0.1, 0.15) is 31.8 Å². The highest BCUT2D eigenvalue weighted by atomic mass is 16.5. The zero-order valence-electron chi connectivity index (χ0n) is 27.6. The van der Waals surface area contributed by atoms with Crippen molar-refractivity contribution in [2.75, 3.05) is 13.2 Å². The Kier molecular flexibility index (Phi) is 8.40. The summed E-state index contributed by atoms with van der Waals surface area (Å²) >= 11 is 0. The molecular formula is C44H28O8. The van der Waals surface area contributed by atoms with E-state index < -0.39 is 11.9 Å². The lowest BCUT2D eigenvalue weighted by atomic mass is 9.92. The maximum Gasteiger partial charge on any atom is 0.339 e. The minimum atomic E-state index is -1.13. The number of ether oxygens (including phenoxy) is 4. The van der Waals surface area contributed by atoms with Crippen LogP contribution in [0, 0.1) is 23.7 Å². The van der Waals surface area contributed by atoms with E-state index in [1.54, 1.807) is 24.3 Å². The molecule has 8 aliphatic rings. The van der Waals surface area contributed by atoms with Gasteiger partial charge in [0.05, 0.1) is 0 Å². The molecule has 0 amide bonds. The molecule has 15 rings (SSSR count). The third kappa shape index (κ3) is 6.22. The van der Waals surface area contributed by atoms with Gasteiger partial charge in [0.2, 0.25) is 0 Å². The average molecular weight is 685 g/mol. The summed E-state index contributed by atoms with van der Waals surface area (Å²) in [4.78, 5) is 24.4. The maximum atomic E-state index is 12.2. The highest BCUT2D eigenvalue weighted by molar-refractivity contribution is 6.06. The predicted octanol–water partition coefficient (Wildman–Crippen LogP) is 8.63. The van der Waals surface area contributed by atoms with Crippen LogP contribution >= 0.6 is 0 Å². The van der Waals surface area contributed by atoms with Crippen molar-refractivity contribution >= 4 is 55.0 Å². The third-order valence-corrected chi connectivity index (χ3v) is 9.04. The van der Waals surface area contributed by atoms with Gasteiger partial charge < -0.3 is 29.2 Å². The topological polar surface area (TPSA) is 112 Å². The predicted molar refractivity (Wildman–Crippen MR) is 198 cm³/mol. The fraction of sp³-hybridized carbons (Fsp3) is 0.0909. The summed E-state index contributed by atoms with van der Waals surface area (Å²) in [6, 6.07) is 33.9. The molecule has 10 bridgehead atoms. The van der Waals surface area contributed by atoms with Crippen LogP contribution in [-0.4, -0.2) is 35.4 Å². The molecule has 2 N–H and O–H groups in total. The summed E-state index contributed by atoms with van der Waals surface area (Å²) < 4.78 is 24.3. The van der Waals surface area contributed by atoms with Gasteiger partial charge in [0.1, 0.15) is 60.6 Å². The number of hydrogen-bond donors (Lipinski definition) is 2. The Labute approximate surface area is 297 Å². The molecule has 0 aromatic heterocycles. The van der Waals surface area contributed by atoms with Crippen LogP contribution in [0.15, 0.2) is 109 Å². The number of rotatable bonds is 2. The lowest BCUT2D eigenvalue weighted by molar-refractivity contribution is 0.0682. The van der Waals surface area contributed by atoms with Gasteiger partial charge in [-0.1, -0.05) is 60.7 Å². The van der Waals surface area contributed by atoms with Crippen molar-refractivity contribution in [3.05, 3.63) is 131 Å². The summed E-state index contributed by atoms with van der Waals surface area (Å²) in [5.74, 6) is 10.1. The zero-order valence-corrected chi connectivity index (χ0v) is 27.6. The van der Waals surface area contributed by atoms with Crippen LogP contribution in [0.2, 0.25) is 0 Å². The maximum absolute atomic E-state index is 12.2. The van der Waals surface area contributed by atoms with Crippen LogP contribution in [0.4, 0.5) is 0 Å². The second kappa shape index (κ2) is 13.6. The van der Waals surface area contributed by atoms with Crippen LogP contribution < -0.4 is 18.9 Å². The van der Waals surface area contributed by atoms with Gasteiger partial charge in [0.15, 0.2) is 0 Å². The van der Waals surface area contributed by atoms with Gasteiger partial charge >= 0.3 is 11.9 Å². The Bertz CT molecular complexity index is 2480. The lowest BCUT2D eigenvalue weighted by Crippen LogP contribution is -2.05. The van der Waals surface area contributed by atoms with E-state index in [1.165, 1.54) is 0 Å². The summed E-state index contributed by atoms with van der Waals surface area (Å²) in [7, 11) is 0. The normalized spacial score (nSPS) is 12.8. The smallest absolute Gasteiger partial charge is 0.339 e. The summed E-state index contributed by atoms with van der Waals surface area (Å²) in [6.45, 7) is 0.348. The summed E-state index contributed by atoms with van der Waals surface area (Å²) in [5.41, 5.74) is 2.01. The Hall–Kier alpha value is -7.16. The van der Waals surface area contributed by atoms with E-state index in [2.05, 4.69) is 47.9 Å². The van der Waals surface area contributed by atoms with Crippen LogP contribution in [0.25, 0.3) is 43.1 Å². The van der Waals surface area contributed by atoms with Gasteiger partial charge in [-0.2, -0.15) is 0 Å². The van der Waals surface area contributed by atoms with Crippen molar-refractivity contribution < 1.29 is 38.7 Å². The molecule has 8 aliphatic heterocycles. The standard InChI is InChI=1S/C44H28O8/c45-43(46)37-21-29-19-31-15-13-27(29)23-41(37)49-17-7-1-2-8-18-50-42-24-28-14-16-32(20-30(28)22-38(42)44(47)48)52-26-40-35-11-5-3-9-33(35)39(25-51-31)34-10-4-6-12-36(34)40/h3-6,9-16,19-24H,17-18,25-26H2,(H,45,46)(H,47,48). The quantitative estimate of drug-likeness (QED) is 0.138. The van der Waals surface area contributed by atoms with Crippen molar-refractivity contribution in [2.45, 2.75) is 13.2 Å². The monoisotopic (exact) mass is 684 g/mol. The van der Waals surface area contributed by atoms with Gasteiger partial charge in [-0.15, -0.1) is 0 Å². The van der Waals surface area contributed by atoms with Crippen molar-refractivity contribution in [1.82, 2.24) is 0 Å². The molecule has 7 aromatic rings. The fourth-order valence-corrected chi connectivity index (χ4v) is 6.58. The Morgan fingerprint density at radius 3 is 1.27 bits per heavy atom. The fourth-order valence-electron chi connectivity index (χ4n) is 6.58. The molecule has 8 nitrogen and oxygen atoms in total. The van der Waals surface area contributed by atoms with E-state index in [0.717, 1.165) is 43.4 Å². The molecule has 0 fully saturated rings.